The van der Waals surface area contributed by atoms with E-state index in [0.29, 0.717) is 16.0 Å². The topological polar surface area (TPSA) is 43.4 Å². The Labute approximate surface area is 134 Å². The summed E-state index contributed by atoms with van der Waals surface area (Å²) in [5.74, 6) is -2.57. The van der Waals surface area contributed by atoms with Gasteiger partial charge in [-0.3, -0.25) is 4.21 Å². The van der Waals surface area contributed by atoms with Gasteiger partial charge in [0.1, 0.15) is 6.61 Å². The zero-order chi connectivity index (χ0) is 16.6. The van der Waals surface area contributed by atoms with Crippen molar-refractivity contribution < 1.29 is 22.5 Å². The largest absolute Gasteiger partial charge is 0.457 e. The first kappa shape index (κ1) is 15.6. The number of halogens is 2. The zero-order valence-corrected chi connectivity index (χ0v) is 13.0. The van der Waals surface area contributed by atoms with Gasteiger partial charge < -0.3 is 4.74 Å². The smallest absolute Gasteiger partial charge is 0.339 e. The van der Waals surface area contributed by atoms with E-state index < -0.39 is 28.4 Å². The van der Waals surface area contributed by atoms with Crippen molar-refractivity contribution in [2.45, 2.75) is 4.90 Å². The van der Waals surface area contributed by atoms with Gasteiger partial charge in [-0.05, 0) is 35.4 Å². The molecule has 118 valence electrons. The number of hydrogen-bond donors (Lipinski definition) is 0. The maximum Gasteiger partial charge on any atom is 0.339 e. The number of carbonyl (C=O) groups excluding carboxylic acids is 1. The summed E-state index contributed by atoms with van der Waals surface area (Å²) in [7, 11) is -1.10. The average molecular weight is 334 g/mol. The Balaban J connectivity index is 2.10. The molecule has 23 heavy (non-hydrogen) atoms. The lowest BCUT2D eigenvalue weighted by atomic mass is 9.96. The third-order valence-corrected chi connectivity index (χ3v) is 4.53. The number of hydrogen-bond acceptors (Lipinski definition) is 3. The molecular formula is C17H12F2O3S. The predicted octanol–water partition coefficient (Wildman–Crippen LogP) is 3.17. The van der Waals surface area contributed by atoms with Gasteiger partial charge in [-0.25, -0.2) is 13.6 Å². The second-order valence-electron chi connectivity index (χ2n) is 5.04. The molecule has 2 aromatic carbocycles. The molecule has 1 heterocycles. The van der Waals surface area contributed by atoms with Crippen LogP contribution in [0, 0.1) is 11.6 Å². The van der Waals surface area contributed by atoms with E-state index in [2.05, 4.69) is 0 Å². The minimum atomic E-state index is -1.10. The highest BCUT2D eigenvalue weighted by Gasteiger charge is 2.27. The monoisotopic (exact) mass is 334 g/mol. The molecule has 0 saturated heterocycles. The van der Waals surface area contributed by atoms with Crippen molar-refractivity contribution in [1.82, 2.24) is 0 Å². The number of esters is 1. The lowest BCUT2D eigenvalue weighted by Gasteiger charge is -2.06. The van der Waals surface area contributed by atoms with E-state index >= 15 is 0 Å². The van der Waals surface area contributed by atoms with Crippen molar-refractivity contribution in [3.05, 3.63) is 65.2 Å². The second kappa shape index (κ2) is 6.04. The molecule has 0 fully saturated rings. The molecule has 0 saturated carbocycles. The molecule has 0 aromatic heterocycles. The van der Waals surface area contributed by atoms with Gasteiger partial charge in [-0.15, -0.1) is 0 Å². The fourth-order valence-electron chi connectivity index (χ4n) is 2.42. The molecule has 1 unspecified atom stereocenters. The van der Waals surface area contributed by atoms with Crippen molar-refractivity contribution in [2.75, 3.05) is 12.9 Å². The molecule has 3 nitrogen and oxygen atoms in total. The van der Waals surface area contributed by atoms with Gasteiger partial charge in [-0.1, -0.05) is 18.2 Å². The number of carbonyl (C=O) groups is 1. The summed E-state index contributed by atoms with van der Waals surface area (Å²) in [5.41, 5.74) is 1.79. The van der Waals surface area contributed by atoms with Crippen molar-refractivity contribution in [3.63, 3.8) is 0 Å². The van der Waals surface area contributed by atoms with Gasteiger partial charge in [0.2, 0.25) is 0 Å². The molecule has 0 aliphatic carbocycles. The standard InChI is InChI=1S/C17H12F2O3S/c1-23(21)12-5-2-10(3-6-12)13-9-22-17(20)16(13)11-4-7-14(18)15(19)8-11/h2-8H,9H2,1H3. The van der Waals surface area contributed by atoms with Gasteiger partial charge >= 0.3 is 5.97 Å². The van der Waals surface area contributed by atoms with Crippen LogP contribution in [0.5, 0.6) is 0 Å². The highest BCUT2D eigenvalue weighted by molar-refractivity contribution is 7.84. The van der Waals surface area contributed by atoms with E-state index in [0.717, 1.165) is 12.1 Å². The van der Waals surface area contributed by atoms with Crippen molar-refractivity contribution in [1.29, 1.82) is 0 Å². The molecule has 0 spiro atoms. The number of rotatable bonds is 3. The third-order valence-electron chi connectivity index (χ3n) is 3.60. The van der Waals surface area contributed by atoms with Crippen LogP contribution in [0.15, 0.2) is 47.4 Å². The molecular weight excluding hydrogens is 322 g/mol. The average Bonchev–Trinajstić information content (AvgIpc) is 2.92. The highest BCUT2D eigenvalue weighted by atomic mass is 32.2. The summed E-state index contributed by atoms with van der Waals surface area (Å²) in [6, 6.07) is 10.2. The molecule has 1 atom stereocenters. The Morgan fingerprint density at radius 2 is 1.65 bits per heavy atom. The minimum absolute atomic E-state index is 0.0573. The lowest BCUT2D eigenvalue weighted by molar-refractivity contribution is -0.133. The van der Waals surface area contributed by atoms with Crippen molar-refractivity contribution >= 4 is 27.9 Å². The molecule has 1 aliphatic rings. The van der Waals surface area contributed by atoms with E-state index in [4.69, 9.17) is 4.74 Å². The quantitative estimate of drug-likeness (QED) is 0.810. The molecule has 0 radical (unpaired) electrons. The summed E-state index contributed by atoms with van der Waals surface area (Å²) < 4.78 is 43.0. The fourth-order valence-corrected chi connectivity index (χ4v) is 2.94. The maximum atomic E-state index is 13.4. The van der Waals surface area contributed by atoms with Gasteiger partial charge in [-0.2, -0.15) is 0 Å². The van der Waals surface area contributed by atoms with Crippen LogP contribution in [0.1, 0.15) is 11.1 Å². The molecule has 2 aromatic rings. The summed E-state index contributed by atoms with van der Waals surface area (Å²) >= 11 is 0. The Bertz CT molecular complexity index is 841. The molecule has 1 aliphatic heterocycles. The Kier molecular flexibility index (Phi) is 4.09. The molecule has 3 rings (SSSR count). The normalized spacial score (nSPS) is 15.7. The molecule has 0 amide bonds. The van der Waals surface area contributed by atoms with Crippen LogP contribution in [-0.2, 0) is 20.3 Å². The van der Waals surface area contributed by atoms with Gasteiger partial charge in [0.25, 0.3) is 0 Å². The minimum Gasteiger partial charge on any atom is -0.457 e. The first-order chi connectivity index (χ1) is 11.0. The Morgan fingerprint density at radius 1 is 1.00 bits per heavy atom. The van der Waals surface area contributed by atoms with Crippen molar-refractivity contribution in [2.24, 2.45) is 0 Å². The number of ether oxygens (including phenoxy) is 1. The second-order valence-corrected chi connectivity index (χ2v) is 6.42. The SMILES string of the molecule is CS(=O)c1ccc(C2=C(c3ccc(F)c(F)c3)C(=O)OC2)cc1. The van der Waals surface area contributed by atoms with Crippen LogP contribution in [0.2, 0.25) is 0 Å². The van der Waals surface area contributed by atoms with Gasteiger partial charge in [0.15, 0.2) is 11.6 Å². The van der Waals surface area contributed by atoms with E-state index in [1.54, 1.807) is 30.5 Å². The van der Waals surface area contributed by atoms with Crippen LogP contribution in [0.3, 0.4) is 0 Å². The Morgan fingerprint density at radius 3 is 2.26 bits per heavy atom. The summed E-state index contributed by atoms with van der Waals surface area (Å²) in [6.07, 6.45) is 1.57. The fraction of sp³-hybridized carbons (Fsp3) is 0.118. The maximum absolute atomic E-state index is 13.4. The molecule has 0 bridgehead atoms. The van der Waals surface area contributed by atoms with E-state index in [9.17, 15) is 17.8 Å². The summed E-state index contributed by atoms with van der Waals surface area (Å²) in [5, 5.41) is 0. The molecule has 0 N–H and O–H groups in total. The van der Waals surface area contributed by atoms with Crippen LogP contribution in [0.25, 0.3) is 11.1 Å². The van der Waals surface area contributed by atoms with Crippen LogP contribution < -0.4 is 0 Å². The van der Waals surface area contributed by atoms with Crippen LogP contribution >= 0.6 is 0 Å². The first-order valence-electron chi connectivity index (χ1n) is 6.77. The zero-order valence-electron chi connectivity index (χ0n) is 12.1. The Hall–Kier alpha value is -2.34. The molecule has 6 heteroatoms. The lowest BCUT2D eigenvalue weighted by Crippen LogP contribution is -1.99. The van der Waals surface area contributed by atoms with E-state index in [1.807, 2.05) is 0 Å². The van der Waals surface area contributed by atoms with Crippen LogP contribution in [-0.4, -0.2) is 23.0 Å². The predicted molar refractivity (Wildman–Crippen MR) is 82.9 cm³/mol. The van der Waals surface area contributed by atoms with Gasteiger partial charge in [0.05, 0.1) is 5.57 Å². The number of benzene rings is 2. The van der Waals surface area contributed by atoms with E-state index in [1.165, 1.54) is 6.07 Å². The van der Waals surface area contributed by atoms with E-state index in [-0.39, 0.29) is 17.7 Å². The first-order valence-corrected chi connectivity index (χ1v) is 8.32. The summed E-state index contributed by atoms with van der Waals surface area (Å²) in [6.45, 7) is 0.0573. The van der Waals surface area contributed by atoms with Gasteiger partial charge in [0, 0.05) is 27.5 Å². The third kappa shape index (κ3) is 2.94. The number of cyclic esters (lactones) is 1. The highest BCUT2D eigenvalue weighted by Crippen LogP contribution is 2.33. The van der Waals surface area contributed by atoms with Crippen molar-refractivity contribution in [3.8, 4) is 0 Å². The summed E-state index contributed by atoms with van der Waals surface area (Å²) in [4.78, 5) is 12.6. The van der Waals surface area contributed by atoms with Crippen LogP contribution in [0.4, 0.5) is 8.78 Å².